The Morgan fingerprint density at radius 2 is 0.859 bits per heavy atom. The van der Waals surface area contributed by atoms with Crippen LogP contribution in [0.25, 0.3) is 55.3 Å². The second-order valence-corrected chi connectivity index (χ2v) is 18.1. The SMILES string of the molecule is Cc1ccc(-c2ccc(N(c3ccc4c(c3)C(C)(C)c3ccccc3-4)c3ccc4c(c3)C(c3ccccc3)(c3ccccc3)c3ccccc3-4)c(-c3cccc4ccccc34)c2)cc1. The van der Waals surface area contributed by atoms with E-state index in [-0.39, 0.29) is 5.41 Å². The molecule has 10 aromatic carbocycles. The van der Waals surface area contributed by atoms with Gasteiger partial charge in [0, 0.05) is 22.4 Å². The van der Waals surface area contributed by atoms with Crippen LogP contribution in [0, 0.1) is 6.92 Å². The fourth-order valence-corrected chi connectivity index (χ4v) is 11.2. The number of anilines is 3. The molecule has 0 heterocycles. The molecule has 64 heavy (non-hydrogen) atoms. The van der Waals surface area contributed by atoms with Crippen molar-refractivity contribution >= 4 is 27.8 Å². The molecule has 0 fully saturated rings. The Kier molecular flexibility index (Phi) is 8.71. The molecule has 304 valence electrons. The number of fused-ring (bicyclic) bond motifs is 7. The molecule has 1 heteroatoms. The molecule has 0 N–H and O–H groups in total. The highest BCUT2D eigenvalue weighted by atomic mass is 15.1. The number of nitrogens with zero attached hydrogens (tertiary/aromatic N) is 1. The zero-order valence-electron chi connectivity index (χ0n) is 36.4. The monoisotopic (exact) mass is 817 g/mol. The normalized spacial score (nSPS) is 13.8. The van der Waals surface area contributed by atoms with E-state index in [0.29, 0.717) is 0 Å². The van der Waals surface area contributed by atoms with Gasteiger partial charge >= 0.3 is 0 Å². The highest BCUT2D eigenvalue weighted by Gasteiger charge is 2.46. The average molecular weight is 818 g/mol. The van der Waals surface area contributed by atoms with Gasteiger partial charge in [0.05, 0.1) is 11.1 Å². The van der Waals surface area contributed by atoms with Gasteiger partial charge in [-0.3, -0.25) is 0 Å². The van der Waals surface area contributed by atoms with Crippen molar-refractivity contribution in [2.45, 2.75) is 31.6 Å². The van der Waals surface area contributed by atoms with Gasteiger partial charge in [-0.15, -0.1) is 0 Å². The van der Waals surface area contributed by atoms with Crippen molar-refractivity contribution in [1.29, 1.82) is 0 Å². The van der Waals surface area contributed by atoms with Crippen LogP contribution in [0.3, 0.4) is 0 Å². The summed E-state index contributed by atoms with van der Waals surface area (Å²) in [5.74, 6) is 0. The molecule has 0 saturated heterocycles. The van der Waals surface area contributed by atoms with Crippen molar-refractivity contribution in [3.05, 3.63) is 269 Å². The van der Waals surface area contributed by atoms with E-state index in [2.05, 4.69) is 256 Å². The van der Waals surface area contributed by atoms with Crippen molar-refractivity contribution in [3.63, 3.8) is 0 Å². The summed E-state index contributed by atoms with van der Waals surface area (Å²) in [6.07, 6.45) is 0. The quantitative estimate of drug-likeness (QED) is 0.155. The first-order chi connectivity index (χ1) is 31.4. The molecule has 2 aliphatic carbocycles. The maximum absolute atomic E-state index is 2.54. The minimum absolute atomic E-state index is 0.170. The number of hydrogen-bond donors (Lipinski definition) is 0. The molecule has 0 aliphatic heterocycles. The van der Waals surface area contributed by atoms with Crippen molar-refractivity contribution < 1.29 is 0 Å². The molecule has 12 rings (SSSR count). The first-order valence-corrected chi connectivity index (χ1v) is 22.5. The largest absolute Gasteiger partial charge is 0.310 e. The zero-order chi connectivity index (χ0) is 43.0. The summed E-state index contributed by atoms with van der Waals surface area (Å²) < 4.78 is 0. The first kappa shape index (κ1) is 38.0. The Hall–Kier alpha value is -7.74. The molecule has 0 saturated carbocycles. The summed E-state index contributed by atoms with van der Waals surface area (Å²) in [5.41, 5.74) is 21.7. The van der Waals surface area contributed by atoms with E-state index >= 15 is 0 Å². The van der Waals surface area contributed by atoms with Crippen LogP contribution in [-0.2, 0) is 10.8 Å². The average Bonchev–Trinajstić information content (AvgIpc) is 3.77. The molecule has 0 bridgehead atoms. The van der Waals surface area contributed by atoms with Crippen LogP contribution < -0.4 is 4.90 Å². The third-order valence-corrected chi connectivity index (χ3v) is 14.2. The Labute approximate surface area is 376 Å². The van der Waals surface area contributed by atoms with Gasteiger partial charge in [0.2, 0.25) is 0 Å². The second-order valence-electron chi connectivity index (χ2n) is 18.1. The lowest BCUT2D eigenvalue weighted by Gasteiger charge is -2.35. The standard InChI is InChI=1S/C63H47N/c1-42-29-31-43(32-30-42)45-33-38-61(56(39-45)51-26-16-18-44-17-10-11-23-50(44)51)64(48-34-36-54-52-24-12-14-27-57(52)62(2,3)59(54)40-48)49-35-37-55-53-25-13-15-28-58(53)63(60(55)41-49,46-19-6-4-7-20-46)47-21-8-5-9-22-47/h4-41H,1-3H3. The van der Waals surface area contributed by atoms with Crippen molar-refractivity contribution in [1.82, 2.24) is 0 Å². The van der Waals surface area contributed by atoms with Crippen LogP contribution in [0.4, 0.5) is 17.1 Å². The Morgan fingerprint density at radius 3 is 1.56 bits per heavy atom. The summed E-state index contributed by atoms with van der Waals surface area (Å²) in [7, 11) is 0. The van der Waals surface area contributed by atoms with Crippen LogP contribution in [0.1, 0.15) is 52.8 Å². The number of hydrogen-bond acceptors (Lipinski definition) is 1. The predicted molar refractivity (Wildman–Crippen MR) is 269 cm³/mol. The summed E-state index contributed by atoms with van der Waals surface area (Å²) in [4.78, 5) is 2.54. The topological polar surface area (TPSA) is 3.24 Å². The number of aryl methyl sites for hydroxylation is 1. The van der Waals surface area contributed by atoms with Crippen molar-refractivity contribution in [3.8, 4) is 44.5 Å². The predicted octanol–water partition coefficient (Wildman–Crippen LogP) is 16.6. The molecule has 0 unspecified atom stereocenters. The molecule has 0 atom stereocenters. The van der Waals surface area contributed by atoms with Crippen LogP contribution in [0.15, 0.2) is 231 Å². The van der Waals surface area contributed by atoms with Gasteiger partial charge in [0.25, 0.3) is 0 Å². The van der Waals surface area contributed by atoms with Crippen molar-refractivity contribution in [2.75, 3.05) is 4.90 Å². The van der Waals surface area contributed by atoms with Crippen molar-refractivity contribution in [2.24, 2.45) is 0 Å². The summed E-state index contributed by atoms with van der Waals surface area (Å²) >= 11 is 0. The van der Waals surface area contributed by atoms with E-state index in [1.165, 1.54) is 94.2 Å². The highest BCUT2D eigenvalue weighted by molar-refractivity contribution is 6.03. The molecule has 1 nitrogen and oxygen atoms in total. The Balaban J connectivity index is 1.17. The molecule has 0 radical (unpaired) electrons. The number of rotatable bonds is 7. The fourth-order valence-electron chi connectivity index (χ4n) is 11.2. The first-order valence-electron chi connectivity index (χ1n) is 22.5. The van der Waals surface area contributed by atoms with E-state index < -0.39 is 5.41 Å². The Bertz CT molecular complexity index is 3370. The molecule has 10 aromatic rings. The molecular weight excluding hydrogens is 771 g/mol. The van der Waals surface area contributed by atoms with E-state index in [4.69, 9.17) is 0 Å². The van der Waals surface area contributed by atoms with Crippen LogP contribution in [-0.4, -0.2) is 0 Å². The maximum Gasteiger partial charge on any atom is 0.0714 e. The van der Waals surface area contributed by atoms with Crippen LogP contribution >= 0.6 is 0 Å². The smallest absolute Gasteiger partial charge is 0.0714 e. The lowest BCUT2D eigenvalue weighted by Crippen LogP contribution is -2.28. The zero-order valence-corrected chi connectivity index (χ0v) is 36.4. The van der Waals surface area contributed by atoms with E-state index in [1.54, 1.807) is 0 Å². The third kappa shape index (κ3) is 5.70. The minimum atomic E-state index is -0.536. The summed E-state index contributed by atoms with van der Waals surface area (Å²) in [6, 6.07) is 86.2. The molecule has 0 aromatic heterocycles. The van der Waals surface area contributed by atoms with Gasteiger partial charge in [-0.1, -0.05) is 214 Å². The lowest BCUT2D eigenvalue weighted by atomic mass is 9.67. The van der Waals surface area contributed by atoms with Gasteiger partial charge in [-0.05, 0) is 126 Å². The molecule has 0 amide bonds. The van der Waals surface area contributed by atoms with Gasteiger partial charge < -0.3 is 4.90 Å². The van der Waals surface area contributed by atoms with Crippen LogP contribution in [0.5, 0.6) is 0 Å². The molecular formula is C63H47N. The second kappa shape index (κ2) is 14.7. The summed E-state index contributed by atoms with van der Waals surface area (Å²) in [5, 5.41) is 2.45. The van der Waals surface area contributed by atoms with Gasteiger partial charge in [0.15, 0.2) is 0 Å². The number of benzene rings is 10. The van der Waals surface area contributed by atoms with E-state index in [0.717, 1.165) is 17.1 Å². The Morgan fingerprint density at radius 1 is 0.344 bits per heavy atom. The van der Waals surface area contributed by atoms with E-state index in [1.807, 2.05) is 0 Å². The summed E-state index contributed by atoms with van der Waals surface area (Å²) in [6.45, 7) is 6.91. The van der Waals surface area contributed by atoms with E-state index in [9.17, 15) is 0 Å². The fraction of sp³-hybridized carbons (Fsp3) is 0.0794. The third-order valence-electron chi connectivity index (χ3n) is 14.2. The highest BCUT2D eigenvalue weighted by Crippen LogP contribution is 2.58. The lowest BCUT2D eigenvalue weighted by molar-refractivity contribution is 0.660. The van der Waals surface area contributed by atoms with Gasteiger partial charge in [-0.2, -0.15) is 0 Å². The maximum atomic E-state index is 2.54. The van der Waals surface area contributed by atoms with Gasteiger partial charge in [-0.25, -0.2) is 0 Å². The van der Waals surface area contributed by atoms with Crippen LogP contribution in [0.2, 0.25) is 0 Å². The molecule has 0 spiro atoms. The molecule has 2 aliphatic rings. The minimum Gasteiger partial charge on any atom is -0.310 e. The van der Waals surface area contributed by atoms with Gasteiger partial charge in [0.1, 0.15) is 0 Å².